The van der Waals surface area contributed by atoms with Crippen LogP contribution in [-0.4, -0.2) is 30.5 Å². The number of para-hydroxylation sites is 3. The van der Waals surface area contributed by atoms with Crippen molar-refractivity contribution in [1.82, 2.24) is 5.32 Å². The van der Waals surface area contributed by atoms with Gasteiger partial charge in [0.2, 0.25) is 0 Å². The summed E-state index contributed by atoms with van der Waals surface area (Å²) in [4.78, 5) is 0. The molecule has 0 aliphatic carbocycles. The molecular formula is C35H49N4PS2. The highest BCUT2D eigenvalue weighted by Gasteiger charge is 2.38. The van der Waals surface area contributed by atoms with Gasteiger partial charge in [-0.2, -0.15) is 0 Å². The quantitative estimate of drug-likeness (QED) is 0.126. The molecule has 1 aliphatic heterocycles. The van der Waals surface area contributed by atoms with Gasteiger partial charge in [0, 0.05) is 42.4 Å². The van der Waals surface area contributed by atoms with Crippen LogP contribution in [0.1, 0.15) is 101 Å². The summed E-state index contributed by atoms with van der Waals surface area (Å²) in [6.45, 7) is 21.6. The Morgan fingerprint density at radius 2 is 1.12 bits per heavy atom. The van der Waals surface area contributed by atoms with Gasteiger partial charge in [-0.25, -0.2) is 0 Å². The van der Waals surface area contributed by atoms with Gasteiger partial charge in [-0.1, -0.05) is 121 Å². The van der Waals surface area contributed by atoms with Crippen LogP contribution >= 0.6 is 31.0 Å². The fourth-order valence-corrected chi connectivity index (χ4v) is 10.7. The predicted octanol–water partition coefficient (Wildman–Crippen LogP) is 10.5. The molecule has 0 bridgehead atoms. The lowest BCUT2D eigenvalue weighted by molar-refractivity contribution is 0.821. The zero-order valence-electron chi connectivity index (χ0n) is 26.6. The van der Waals surface area contributed by atoms with Crippen LogP contribution in [0.2, 0.25) is 0 Å². The third-order valence-corrected chi connectivity index (χ3v) is 12.7. The average Bonchev–Trinajstić information content (AvgIpc) is 3.37. The lowest BCUT2D eigenvalue weighted by atomic mass is 9.92. The maximum atomic E-state index is 5.62. The van der Waals surface area contributed by atoms with Crippen molar-refractivity contribution in [3.8, 4) is 0 Å². The maximum absolute atomic E-state index is 5.62. The normalized spacial score (nSPS) is 14.1. The van der Waals surface area contributed by atoms with Crippen molar-refractivity contribution in [3.05, 3.63) is 89.0 Å². The van der Waals surface area contributed by atoms with Crippen molar-refractivity contribution < 1.29 is 0 Å². The Morgan fingerprint density at radius 1 is 0.690 bits per heavy atom. The van der Waals surface area contributed by atoms with Crippen LogP contribution in [0, 0.1) is 0 Å². The van der Waals surface area contributed by atoms with Crippen LogP contribution in [0.15, 0.2) is 66.7 Å². The Morgan fingerprint density at radius 3 is 1.52 bits per heavy atom. The second-order valence-electron chi connectivity index (χ2n) is 12.3. The third kappa shape index (κ3) is 7.62. The lowest BCUT2D eigenvalue weighted by Gasteiger charge is -2.37. The zero-order valence-corrected chi connectivity index (χ0v) is 29.2. The van der Waals surface area contributed by atoms with E-state index in [9.17, 15) is 0 Å². The Kier molecular flexibility index (Phi) is 11.6. The number of nitrogens with one attached hydrogen (secondary N) is 2. The first kappa shape index (κ1) is 32.6. The summed E-state index contributed by atoms with van der Waals surface area (Å²) < 4.78 is 5.54. The Labute approximate surface area is 265 Å². The zero-order chi connectivity index (χ0) is 30.4. The number of anilines is 3. The van der Waals surface area contributed by atoms with E-state index in [1.165, 1.54) is 33.6 Å². The van der Waals surface area contributed by atoms with Crippen molar-refractivity contribution in [3.63, 3.8) is 0 Å². The molecule has 7 heteroatoms. The molecule has 0 amide bonds. The molecule has 226 valence electrons. The molecule has 0 atom stereocenters. The van der Waals surface area contributed by atoms with Gasteiger partial charge in [-0.05, 0) is 70.3 Å². The SMILES string of the molecule is CC(C)c1cccc(C(C)C)c1N1CCN(c2c(C(C)C)cccc2C(C)C)P1SCCNC(=S)Nc1ccccc1. The van der Waals surface area contributed by atoms with Gasteiger partial charge >= 0.3 is 0 Å². The second-order valence-corrected chi connectivity index (χ2v) is 16.6. The van der Waals surface area contributed by atoms with Crippen LogP contribution in [-0.2, 0) is 0 Å². The van der Waals surface area contributed by atoms with E-state index in [0.717, 1.165) is 31.1 Å². The largest absolute Gasteiger partial charge is 0.362 e. The van der Waals surface area contributed by atoms with Crippen LogP contribution in [0.4, 0.5) is 17.1 Å². The maximum Gasteiger partial charge on any atom is 0.170 e. The molecule has 0 saturated carbocycles. The minimum absolute atomic E-state index is 0.465. The number of rotatable bonds is 11. The number of hydrogen-bond donors (Lipinski definition) is 2. The molecule has 0 spiro atoms. The number of nitrogens with zero attached hydrogens (tertiary/aromatic N) is 2. The predicted molar refractivity (Wildman–Crippen MR) is 194 cm³/mol. The van der Waals surface area contributed by atoms with E-state index < -0.39 is 7.42 Å². The van der Waals surface area contributed by atoms with E-state index in [1.807, 2.05) is 30.3 Å². The third-order valence-electron chi connectivity index (χ3n) is 7.76. The molecule has 0 aromatic heterocycles. The molecule has 2 N–H and O–H groups in total. The first-order valence-electron chi connectivity index (χ1n) is 15.4. The summed E-state index contributed by atoms with van der Waals surface area (Å²) >= 11 is 7.71. The fraction of sp³-hybridized carbons (Fsp3) is 0.457. The highest BCUT2D eigenvalue weighted by molar-refractivity contribution is 8.56. The Balaban J connectivity index is 1.67. The van der Waals surface area contributed by atoms with Crippen molar-refractivity contribution in [2.75, 3.05) is 40.0 Å². The summed E-state index contributed by atoms with van der Waals surface area (Å²) in [6, 6.07) is 24.1. The Bertz CT molecular complexity index is 1200. The van der Waals surface area contributed by atoms with E-state index in [2.05, 4.69) is 123 Å². The number of hydrogen-bond acceptors (Lipinski definition) is 4. The molecular weight excluding hydrogens is 572 g/mol. The molecule has 1 aliphatic rings. The van der Waals surface area contributed by atoms with Crippen LogP contribution in [0.3, 0.4) is 0 Å². The van der Waals surface area contributed by atoms with E-state index in [0.29, 0.717) is 28.8 Å². The summed E-state index contributed by atoms with van der Waals surface area (Å²) in [5.41, 5.74) is 9.79. The first-order valence-corrected chi connectivity index (χ1v) is 18.7. The average molecular weight is 621 g/mol. The van der Waals surface area contributed by atoms with E-state index in [4.69, 9.17) is 12.2 Å². The van der Waals surface area contributed by atoms with E-state index in [1.54, 1.807) is 0 Å². The fourth-order valence-electron chi connectivity index (χ4n) is 5.63. The van der Waals surface area contributed by atoms with Gasteiger partial charge in [0.15, 0.2) is 12.5 Å². The molecule has 0 radical (unpaired) electrons. The van der Waals surface area contributed by atoms with E-state index in [-0.39, 0.29) is 0 Å². The van der Waals surface area contributed by atoms with Gasteiger partial charge in [0.25, 0.3) is 0 Å². The van der Waals surface area contributed by atoms with Crippen molar-refractivity contribution in [2.24, 2.45) is 0 Å². The highest BCUT2D eigenvalue weighted by atomic mass is 32.7. The smallest absolute Gasteiger partial charge is 0.170 e. The summed E-state index contributed by atoms with van der Waals surface area (Å²) in [5.74, 6) is 2.83. The molecule has 1 fully saturated rings. The van der Waals surface area contributed by atoms with Crippen LogP contribution in [0.25, 0.3) is 0 Å². The first-order chi connectivity index (χ1) is 20.1. The number of thiocarbonyl (C=S) groups is 1. The molecule has 4 rings (SSSR count). The molecule has 3 aromatic rings. The molecule has 0 unspecified atom stereocenters. The second kappa shape index (κ2) is 14.9. The van der Waals surface area contributed by atoms with Gasteiger partial charge < -0.3 is 20.0 Å². The molecule has 4 nitrogen and oxygen atoms in total. The van der Waals surface area contributed by atoms with Crippen LogP contribution in [0.5, 0.6) is 0 Å². The van der Waals surface area contributed by atoms with Crippen LogP contribution < -0.4 is 20.0 Å². The van der Waals surface area contributed by atoms with Crippen molar-refractivity contribution in [2.45, 2.75) is 79.1 Å². The van der Waals surface area contributed by atoms with Gasteiger partial charge in [-0.15, -0.1) is 0 Å². The minimum Gasteiger partial charge on any atom is -0.362 e. The summed E-state index contributed by atoms with van der Waals surface area (Å²) in [5, 5.41) is 7.45. The highest BCUT2D eigenvalue weighted by Crippen LogP contribution is 2.64. The lowest BCUT2D eigenvalue weighted by Crippen LogP contribution is -2.30. The monoisotopic (exact) mass is 620 g/mol. The van der Waals surface area contributed by atoms with Gasteiger partial charge in [0.05, 0.1) is 0 Å². The van der Waals surface area contributed by atoms with Crippen molar-refractivity contribution in [1.29, 1.82) is 0 Å². The van der Waals surface area contributed by atoms with Gasteiger partial charge in [0.1, 0.15) is 0 Å². The van der Waals surface area contributed by atoms with E-state index >= 15 is 0 Å². The molecule has 1 saturated heterocycles. The van der Waals surface area contributed by atoms with Gasteiger partial charge in [-0.3, -0.25) is 0 Å². The summed E-state index contributed by atoms with van der Waals surface area (Å²) in [6.07, 6.45) is 0. The molecule has 42 heavy (non-hydrogen) atoms. The molecule has 3 aromatic carbocycles. The minimum atomic E-state index is -0.688. The Hall–Kier alpha value is -2.27. The topological polar surface area (TPSA) is 30.5 Å². The standard InChI is InChI=1S/C35H49N4PS2/c1-24(2)29-16-12-17-30(25(3)4)33(29)38-21-22-39(34-31(26(5)6)18-13-19-32(34)27(7)8)40(38)42-23-20-36-35(41)37-28-14-10-9-11-15-28/h9-19,24-27H,20-23H2,1-8H3,(H2,36,37,41). The van der Waals surface area contributed by atoms with Crippen molar-refractivity contribution >= 4 is 53.2 Å². The molecule has 1 heterocycles. The summed E-state index contributed by atoms with van der Waals surface area (Å²) in [7, 11) is -0.688. The number of benzene rings is 3.